The van der Waals surface area contributed by atoms with E-state index in [2.05, 4.69) is 4.90 Å². The lowest BCUT2D eigenvalue weighted by Gasteiger charge is -2.26. The zero-order chi connectivity index (χ0) is 7.56. The Kier molecular flexibility index (Phi) is 2.69. The molecule has 1 aliphatic carbocycles. The lowest BCUT2D eigenvalue weighted by molar-refractivity contribution is -0.428. The Bertz CT molecular complexity index is 103. The van der Waals surface area contributed by atoms with Crippen LogP contribution in [0.15, 0.2) is 0 Å². The molecule has 2 heteroatoms. The predicted molar refractivity (Wildman–Crippen MR) is 39.7 cm³/mol. The Morgan fingerprint density at radius 1 is 1.40 bits per heavy atom. The summed E-state index contributed by atoms with van der Waals surface area (Å²) in [4.78, 5) is 2.11. The van der Waals surface area contributed by atoms with Gasteiger partial charge in [0.1, 0.15) is 0 Å². The quantitative estimate of drug-likeness (QED) is 0.545. The maximum Gasteiger partial charge on any atom is -0.000672 e. The van der Waals surface area contributed by atoms with E-state index < -0.39 is 0 Å². The minimum absolute atomic E-state index is 0.276. The second-order valence-corrected chi connectivity index (χ2v) is 3.49. The van der Waals surface area contributed by atoms with Crippen LogP contribution in [0.1, 0.15) is 19.3 Å². The van der Waals surface area contributed by atoms with Crippen molar-refractivity contribution in [2.45, 2.75) is 25.4 Å². The molecule has 0 N–H and O–H groups in total. The average molecular weight is 142 g/mol. The number of hydrogen-bond donors (Lipinski definition) is 0. The van der Waals surface area contributed by atoms with Crippen molar-refractivity contribution in [3.05, 3.63) is 0 Å². The van der Waals surface area contributed by atoms with Crippen molar-refractivity contribution in [1.82, 2.24) is 4.90 Å². The van der Waals surface area contributed by atoms with Gasteiger partial charge in [0.15, 0.2) is 0 Å². The van der Waals surface area contributed by atoms with Gasteiger partial charge in [0, 0.05) is 0 Å². The molecule has 0 aromatic carbocycles. The molecule has 0 aromatic rings. The van der Waals surface area contributed by atoms with Crippen molar-refractivity contribution in [3.8, 4) is 0 Å². The first-order chi connectivity index (χ1) is 4.70. The summed E-state index contributed by atoms with van der Waals surface area (Å²) in [5.74, 6) is 0.426. The first kappa shape index (κ1) is 8.02. The van der Waals surface area contributed by atoms with Gasteiger partial charge in [0.2, 0.25) is 0 Å². The maximum absolute atomic E-state index is 11.2. The molecule has 0 aliphatic heterocycles. The van der Waals surface area contributed by atoms with Crippen LogP contribution in [-0.4, -0.2) is 31.6 Å². The van der Waals surface area contributed by atoms with Gasteiger partial charge in [-0.15, -0.1) is 6.10 Å². The third kappa shape index (κ3) is 1.96. The number of rotatable bonds is 2. The first-order valence-electron chi connectivity index (χ1n) is 4.00. The minimum Gasteiger partial charge on any atom is -0.852 e. The van der Waals surface area contributed by atoms with Crippen molar-refractivity contribution in [2.24, 2.45) is 5.92 Å². The van der Waals surface area contributed by atoms with Gasteiger partial charge in [-0.05, 0) is 26.6 Å². The maximum atomic E-state index is 11.2. The van der Waals surface area contributed by atoms with Crippen molar-refractivity contribution in [2.75, 3.05) is 20.6 Å². The average Bonchev–Trinajstić information content (AvgIpc) is 2.15. The van der Waals surface area contributed by atoms with Crippen molar-refractivity contribution in [3.63, 3.8) is 0 Å². The molecule has 0 amide bonds. The summed E-state index contributed by atoms with van der Waals surface area (Å²) in [5.41, 5.74) is 0. The van der Waals surface area contributed by atoms with Crippen LogP contribution in [0.4, 0.5) is 0 Å². The minimum atomic E-state index is -0.276. The molecule has 1 fully saturated rings. The predicted octanol–water partition coefficient (Wildman–Crippen LogP) is 0.0770. The highest BCUT2D eigenvalue weighted by Crippen LogP contribution is 2.23. The van der Waals surface area contributed by atoms with Gasteiger partial charge in [-0.25, -0.2) is 0 Å². The smallest absolute Gasteiger partial charge is 0.000672 e. The molecule has 1 saturated carbocycles. The van der Waals surface area contributed by atoms with Crippen LogP contribution < -0.4 is 5.11 Å². The van der Waals surface area contributed by atoms with Gasteiger partial charge in [-0.3, -0.25) is 0 Å². The topological polar surface area (TPSA) is 26.3 Å². The van der Waals surface area contributed by atoms with Crippen molar-refractivity contribution < 1.29 is 5.11 Å². The van der Waals surface area contributed by atoms with Crippen LogP contribution >= 0.6 is 0 Å². The molecule has 0 spiro atoms. The Morgan fingerprint density at radius 2 is 2.10 bits per heavy atom. The molecule has 2 atom stereocenters. The van der Waals surface area contributed by atoms with Gasteiger partial charge in [0.05, 0.1) is 0 Å². The second kappa shape index (κ2) is 3.35. The monoisotopic (exact) mass is 142 g/mol. The lowest BCUT2D eigenvalue weighted by atomic mass is 10.1. The first-order valence-corrected chi connectivity index (χ1v) is 4.00. The van der Waals surface area contributed by atoms with Gasteiger partial charge < -0.3 is 10.0 Å². The largest absolute Gasteiger partial charge is 0.852 e. The van der Waals surface area contributed by atoms with Crippen molar-refractivity contribution in [1.29, 1.82) is 0 Å². The van der Waals surface area contributed by atoms with Crippen LogP contribution in [0.3, 0.4) is 0 Å². The molecular formula is C8H16NO-. The summed E-state index contributed by atoms with van der Waals surface area (Å²) in [5, 5.41) is 11.2. The molecule has 60 valence electrons. The standard InChI is InChI=1S/C8H16NO/c1-9(2)6-7-4-3-5-8(7)10/h7-8H,3-6H2,1-2H3/q-1. The molecule has 1 aliphatic rings. The summed E-state index contributed by atoms with van der Waals surface area (Å²) >= 11 is 0. The van der Waals surface area contributed by atoms with Crippen LogP contribution in [0.2, 0.25) is 0 Å². The SMILES string of the molecule is CN(C)CC1CCCC1[O-]. The van der Waals surface area contributed by atoms with E-state index >= 15 is 0 Å². The molecule has 1 rings (SSSR count). The molecule has 2 unspecified atom stereocenters. The highest BCUT2D eigenvalue weighted by atomic mass is 16.3. The Balaban J connectivity index is 2.26. The van der Waals surface area contributed by atoms with Gasteiger partial charge >= 0.3 is 0 Å². The summed E-state index contributed by atoms with van der Waals surface area (Å²) in [6, 6.07) is 0. The molecule has 0 bridgehead atoms. The van der Waals surface area contributed by atoms with E-state index in [4.69, 9.17) is 0 Å². The highest BCUT2D eigenvalue weighted by molar-refractivity contribution is 4.76. The third-order valence-corrected chi connectivity index (χ3v) is 2.19. The molecule has 2 nitrogen and oxygen atoms in total. The van der Waals surface area contributed by atoms with E-state index in [1.165, 1.54) is 0 Å². The van der Waals surface area contributed by atoms with E-state index in [1.807, 2.05) is 14.1 Å². The Morgan fingerprint density at radius 3 is 2.50 bits per heavy atom. The summed E-state index contributed by atoms with van der Waals surface area (Å²) < 4.78 is 0. The van der Waals surface area contributed by atoms with Crippen LogP contribution in [0.5, 0.6) is 0 Å². The highest BCUT2D eigenvalue weighted by Gasteiger charge is 2.18. The Hall–Kier alpha value is -0.0800. The number of hydrogen-bond acceptors (Lipinski definition) is 2. The molecular weight excluding hydrogens is 126 g/mol. The molecule has 0 radical (unpaired) electrons. The summed E-state index contributed by atoms with van der Waals surface area (Å²) in [7, 11) is 4.07. The summed E-state index contributed by atoms with van der Waals surface area (Å²) in [6.07, 6.45) is 2.92. The summed E-state index contributed by atoms with van der Waals surface area (Å²) in [6.45, 7) is 0.980. The zero-order valence-corrected chi connectivity index (χ0v) is 6.84. The fraction of sp³-hybridized carbons (Fsp3) is 1.00. The van der Waals surface area contributed by atoms with Gasteiger partial charge in [-0.2, -0.15) is 0 Å². The van der Waals surface area contributed by atoms with E-state index in [1.54, 1.807) is 0 Å². The van der Waals surface area contributed by atoms with E-state index in [0.29, 0.717) is 5.92 Å². The van der Waals surface area contributed by atoms with Crippen LogP contribution in [0, 0.1) is 5.92 Å². The van der Waals surface area contributed by atoms with Gasteiger partial charge in [-0.1, -0.05) is 19.3 Å². The Labute approximate surface area is 62.8 Å². The second-order valence-electron chi connectivity index (χ2n) is 3.49. The molecule has 0 saturated heterocycles. The normalized spacial score (nSPS) is 33.6. The zero-order valence-electron chi connectivity index (χ0n) is 6.84. The lowest BCUT2D eigenvalue weighted by Crippen LogP contribution is -2.35. The van der Waals surface area contributed by atoms with Crippen LogP contribution in [0.25, 0.3) is 0 Å². The third-order valence-electron chi connectivity index (χ3n) is 2.19. The van der Waals surface area contributed by atoms with Crippen molar-refractivity contribution >= 4 is 0 Å². The van der Waals surface area contributed by atoms with E-state index in [0.717, 1.165) is 25.8 Å². The fourth-order valence-corrected chi connectivity index (χ4v) is 1.68. The fourth-order valence-electron chi connectivity index (χ4n) is 1.68. The van der Waals surface area contributed by atoms with E-state index in [9.17, 15) is 5.11 Å². The van der Waals surface area contributed by atoms with Gasteiger partial charge in [0.25, 0.3) is 0 Å². The van der Waals surface area contributed by atoms with E-state index in [-0.39, 0.29) is 6.10 Å². The number of nitrogens with zero attached hydrogens (tertiary/aromatic N) is 1. The molecule has 0 aromatic heterocycles. The van der Waals surface area contributed by atoms with Crippen LogP contribution in [-0.2, 0) is 0 Å². The molecule has 0 heterocycles. The molecule has 10 heavy (non-hydrogen) atoms.